The summed E-state index contributed by atoms with van der Waals surface area (Å²) in [4.78, 5) is 12.9. The highest BCUT2D eigenvalue weighted by Crippen LogP contribution is 2.49. The second kappa shape index (κ2) is 7.03. The smallest absolute Gasteiger partial charge is 0.267 e. The second-order valence-corrected chi connectivity index (χ2v) is 8.46. The molecular formula is C23H22F2N4O2. The fourth-order valence-electron chi connectivity index (χ4n) is 4.72. The fraction of sp³-hybridized carbons (Fsp3) is 0.348. The largest absolute Gasteiger partial charge is 0.507 e. The standard InChI is InChI=1S/C23H22F2N4O2/c1-22-8-14(21(31-2)18(29-22)9-23(22,24)25)5-16-11-28-19(12-27-16)17-6-13-3-4-26-10-15(13)7-20(17)30/h3-7,10-12,18,21,29-30H,8-9H2,1-2H3/b14-5-/t18-,21-,22-/m1/s1. The third-order valence-corrected chi connectivity index (χ3v) is 6.37. The molecule has 2 aliphatic heterocycles. The van der Waals surface area contributed by atoms with Crippen molar-refractivity contribution in [2.75, 3.05) is 7.11 Å². The number of phenolic OH excluding ortho intramolecular Hbond substituents is 1. The predicted molar refractivity (Wildman–Crippen MR) is 113 cm³/mol. The minimum absolute atomic E-state index is 0.0884. The van der Waals surface area contributed by atoms with Gasteiger partial charge < -0.3 is 15.2 Å². The zero-order valence-corrected chi connectivity index (χ0v) is 17.1. The first-order valence-corrected chi connectivity index (χ1v) is 10.1. The Kier molecular flexibility index (Phi) is 4.53. The van der Waals surface area contributed by atoms with Gasteiger partial charge in [-0.15, -0.1) is 0 Å². The molecule has 4 heterocycles. The van der Waals surface area contributed by atoms with Crippen LogP contribution in [-0.4, -0.2) is 50.8 Å². The number of pyridine rings is 1. The van der Waals surface area contributed by atoms with E-state index in [-0.39, 0.29) is 18.6 Å². The molecule has 5 rings (SSSR count). The molecule has 0 aliphatic carbocycles. The number of fused-ring (bicyclic) bond motifs is 3. The fourth-order valence-corrected chi connectivity index (χ4v) is 4.72. The monoisotopic (exact) mass is 424 g/mol. The van der Waals surface area contributed by atoms with Gasteiger partial charge in [-0.2, -0.15) is 0 Å². The van der Waals surface area contributed by atoms with Crippen LogP contribution in [0.25, 0.3) is 28.1 Å². The van der Waals surface area contributed by atoms with E-state index < -0.39 is 23.6 Å². The minimum atomic E-state index is -2.80. The molecule has 0 saturated carbocycles. The molecule has 0 unspecified atom stereocenters. The van der Waals surface area contributed by atoms with E-state index in [1.54, 1.807) is 43.9 Å². The van der Waals surface area contributed by atoms with E-state index in [0.717, 1.165) is 16.3 Å². The number of rotatable bonds is 3. The molecule has 8 heteroatoms. The molecule has 0 spiro atoms. The number of aromatic hydroxyl groups is 1. The van der Waals surface area contributed by atoms with Crippen molar-refractivity contribution in [3.05, 3.63) is 54.3 Å². The molecule has 3 atom stereocenters. The highest BCUT2D eigenvalue weighted by molar-refractivity contribution is 5.89. The topological polar surface area (TPSA) is 80.2 Å². The molecule has 0 radical (unpaired) electrons. The summed E-state index contributed by atoms with van der Waals surface area (Å²) < 4.78 is 34.5. The maximum Gasteiger partial charge on any atom is 0.267 e. The molecule has 2 aliphatic rings. The number of alkyl halides is 2. The number of methoxy groups -OCH3 is 1. The summed E-state index contributed by atoms with van der Waals surface area (Å²) in [7, 11) is 1.53. The third kappa shape index (κ3) is 3.26. The van der Waals surface area contributed by atoms with Gasteiger partial charge >= 0.3 is 0 Å². The lowest BCUT2D eigenvalue weighted by Crippen LogP contribution is -2.56. The third-order valence-electron chi connectivity index (χ3n) is 6.37. The van der Waals surface area contributed by atoms with Gasteiger partial charge in [-0.05, 0) is 48.6 Å². The minimum Gasteiger partial charge on any atom is -0.507 e. The van der Waals surface area contributed by atoms with Gasteiger partial charge in [-0.1, -0.05) is 0 Å². The summed E-state index contributed by atoms with van der Waals surface area (Å²) in [5.74, 6) is -2.71. The number of phenols is 1. The Morgan fingerprint density at radius 3 is 2.77 bits per heavy atom. The van der Waals surface area contributed by atoms with Crippen LogP contribution in [0.5, 0.6) is 5.75 Å². The van der Waals surface area contributed by atoms with Crippen molar-refractivity contribution in [3.63, 3.8) is 0 Å². The maximum absolute atomic E-state index is 14.5. The van der Waals surface area contributed by atoms with Crippen molar-refractivity contribution in [2.24, 2.45) is 0 Å². The molecule has 2 aromatic heterocycles. The van der Waals surface area contributed by atoms with Crippen LogP contribution in [0.2, 0.25) is 0 Å². The number of piperidine rings is 1. The van der Waals surface area contributed by atoms with Gasteiger partial charge in [0, 0.05) is 42.9 Å². The number of aromatic nitrogens is 3. The van der Waals surface area contributed by atoms with Crippen LogP contribution < -0.4 is 5.32 Å². The summed E-state index contributed by atoms with van der Waals surface area (Å²) in [6, 6.07) is 4.89. The SMILES string of the molecule is CO[C@@H]1/C(=C\c2cnc(-c3cc4ccncc4cc3O)cn2)C[C@@]2(C)N[C@@H]1CC2(F)F. The summed E-state index contributed by atoms with van der Waals surface area (Å²) in [6.07, 6.45) is 7.77. The summed E-state index contributed by atoms with van der Waals surface area (Å²) in [5, 5.41) is 15.2. The van der Waals surface area contributed by atoms with Gasteiger partial charge in [0.2, 0.25) is 0 Å². The number of ether oxygens (including phenoxy) is 1. The highest BCUT2D eigenvalue weighted by atomic mass is 19.3. The van der Waals surface area contributed by atoms with Crippen LogP contribution in [0.15, 0.2) is 48.6 Å². The predicted octanol–water partition coefficient (Wildman–Crippen LogP) is 3.96. The lowest BCUT2D eigenvalue weighted by atomic mass is 9.85. The van der Waals surface area contributed by atoms with Crippen molar-refractivity contribution in [1.82, 2.24) is 20.3 Å². The highest BCUT2D eigenvalue weighted by Gasteiger charge is 2.62. The van der Waals surface area contributed by atoms with Gasteiger partial charge in [0.25, 0.3) is 5.92 Å². The van der Waals surface area contributed by atoms with Crippen molar-refractivity contribution in [1.29, 1.82) is 0 Å². The van der Waals surface area contributed by atoms with E-state index in [4.69, 9.17) is 4.74 Å². The van der Waals surface area contributed by atoms with Gasteiger partial charge in [0.15, 0.2) is 0 Å². The molecule has 2 saturated heterocycles. The molecule has 1 aromatic carbocycles. The quantitative estimate of drug-likeness (QED) is 0.663. The first kappa shape index (κ1) is 20.0. The Hall–Kier alpha value is -2.97. The summed E-state index contributed by atoms with van der Waals surface area (Å²) in [6.45, 7) is 1.56. The zero-order valence-electron chi connectivity index (χ0n) is 17.1. The Bertz CT molecular complexity index is 1180. The van der Waals surface area contributed by atoms with Crippen LogP contribution >= 0.6 is 0 Å². The Balaban J connectivity index is 1.47. The van der Waals surface area contributed by atoms with Crippen LogP contribution in [-0.2, 0) is 4.74 Å². The van der Waals surface area contributed by atoms with Crippen molar-refractivity contribution < 1.29 is 18.6 Å². The summed E-state index contributed by atoms with van der Waals surface area (Å²) in [5.41, 5.74) is 1.11. The van der Waals surface area contributed by atoms with Crippen molar-refractivity contribution in [3.8, 4) is 17.0 Å². The first-order valence-electron chi connectivity index (χ1n) is 10.1. The van der Waals surface area contributed by atoms with E-state index in [9.17, 15) is 13.9 Å². The van der Waals surface area contributed by atoms with Crippen molar-refractivity contribution >= 4 is 16.8 Å². The molecule has 0 amide bonds. The molecular weight excluding hydrogens is 402 g/mol. The Labute approximate surface area is 178 Å². The van der Waals surface area contributed by atoms with E-state index in [2.05, 4.69) is 20.3 Å². The summed E-state index contributed by atoms with van der Waals surface area (Å²) >= 11 is 0. The van der Waals surface area contributed by atoms with E-state index in [0.29, 0.717) is 17.0 Å². The van der Waals surface area contributed by atoms with E-state index in [1.165, 1.54) is 7.11 Å². The van der Waals surface area contributed by atoms with Gasteiger partial charge in [0.1, 0.15) is 5.75 Å². The van der Waals surface area contributed by atoms with E-state index in [1.807, 2.05) is 12.1 Å². The number of hydrogen-bond donors (Lipinski definition) is 2. The number of nitrogens with one attached hydrogen (secondary N) is 1. The van der Waals surface area contributed by atoms with Crippen molar-refractivity contribution in [2.45, 2.75) is 43.4 Å². The normalized spacial score (nSPS) is 28.3. The molecule has 160 valence electrons. The second-order valence-electron chi connectivity index (χ2n) is 8.46. The van der Waals surface area contributed by atoms with Crippen LogP contribution in [0.3, 0.4) is 0 Å². The maximum atomic E-state index is 14.5. The molecule has 2 bridgehead atoms. The average molecular weight is 424 g/mol. The molecule has 2 N–H and O–H groups in total. The van der Waals surface area contributed by atoms with Gasteiger partial charge in [0.05, 0.1) is 35.4 Å². The number of hydrogen-bond acceptors (Lipinski definition) is 6. The van der Waals surface area contributed by atoms with E-state index >= 15 is 0 Å². The zero-order chi connectivity index (χ0) is 21.8. The number of halogens is 2. The van der Waals surface area contributed by atoms with Crippen LogP contribution in [0, 0.1) is 0 Å². The lowest BCUT2D eigenvalue weighted by Gasteiger charge is -2.38. The molecule has 2 fully saturated rings. The Morgan fingerprint density at radius 1 is 1.19 bits per heavy atom. The average Bonchev–Trinajstić information content (AvgIpc) is 2.92. The number of nitrogens with zero attached hydrogens (tertiary/aromatic N) is 3. The van der Waals surface area contributed by atoms with Crippen LogP contribution in [0.4, 0.5) is 8.78 Å². The molecule has 31 heavy (non-hydrogen) atoms. The van der Waals surface area contributed by atoms with Crippen LogP contribution in [0.1, 0.15) is 25.5 Å². The Morgan fingerprint density at radius 2 is 2.03 bits per heavy atom. The lowest BCUT2D eigenvalue weighted by molar-refractivity contribution is -0.0523. The van der Waals surface area contributed by atoms with Gasteiger partial charge in [-0.25, -0.2) is 8.78 Å². The van der Waals surface area contributed by atoms with Gasteiger partial charge in [-0.3, -0.25) is 15.0 Å². The molecule has 6 nitrogen and oxygen atoms in total. The number of benzene rings is 1. The first-order chi connectivity index (χ1) is 14.8. The molecule has 3 aromatic rings.